The molecule has 2 atom stereocenters. The van der Waals surface area contributed by atoms with Crippen molar-refractivity contribution in [2.24, 2.45) is 10.8 Å². The summed E-state index contributed by atoms with van der Waals surface area (Å²) < 4.78 is 0. The summed E-state index contributed by atoms with van der Waals surface area (Å²) in [7, 11) is 0. The van der Waals surface area contributed by atoms with Gasteiger partial charge in [0.05, 0.1) is 12.6 Å². The van der Waals surface area contributed by atoms with Crippen LogP contribution in [0.25, 0.3) is 0 Å². The van der Waals surface area contributed by atoms with Crippen LogP contribution in [0.2, 0.25) is 0 Å². The normalized spacial score (nSPS) is 30.4. The summed E-state index contributed by atoms with van der Waals surface area (Å²) in [5.41, 5.74) is -0.716. The third-order valence-corrected chi connectivity index (χ3v) is 6.85. The monoisotopic (exact) mass is 379 g/mol. The Morgan fingerprint density at radius 1 is 1.04 bits per heavy atom. The Morgan fingerprint density at radius 2 is 1.70 bits per heavy atom. The highest BCUT2D eigenvalue weighted by atomic mass is 16.3. The number of carbonyl (C=O) groups excluding carboxylic acids is 3. The smallest absolute Gasteiger partial charge is 0.241 e. The van der Waals surface area contributed by atoms with Gasteiger partial charge >= 0.3 is 0 Å². The molecule has 0 unspecified atom stereocenters. The van der Waals surface area contributed by atoms with Gasteiger partial charge in [-0.15, -0.1) is 0 Å². The van der Waals surface area contributed by atoms with E-state index in [1.165, 1.54) is 6.92 Å². The highest BCUT2D eigenvalue weighted by Gasteiger charge is 2.49. The molecule has 0 bridgehead atoms. The third kappa shape index (κ3) is 4.13. The second kappa shape index (κ2) is 7.78. The fourth-order valence-corrected chi connectivity index (χ4v) is 5.16. The first-order valence-electron chi connectivity index (χ1n) is 10.3. The molecule has 152 valence electrons. The van der Waals surface area contributed by atoms with Crippen LogP contribution >= 0.6 is 0 Å². The molecule has 2 heterocycles. The Hall–Kier alpha value is -1.63. The zero-order chi connectivity index (χ0) is 19.7. The van der Waals surface area contributed by atoms with Gasteiger partial charge in [0.25, 0.3) is 0 Å². The van der Waals surface area contributed by atoms with Gasteiger partial charge < -0.3 is 20.2 Å². The summed E-state index contributed by atoms with van der Waals surface area (Å²) in [4.78, 5) is 40.4. The van der Waals surface area contributed by atoms with Crippen LogP contribution in [0.1, 0.15) is 58.8 Å². The minimum atomic E-state index is -0.505. The Bertz CT molecular complexity index is 602. The molecule has 27 heavy (non-hydrogen) atoms. The average molecular weight is 380 g/mol. The van der Waals surface area contributed by atoms with Crippen LogP contribution in [0.4, 0.5) is 0 Å². The van der Waals surface area contributed by atoms with Gasteiger partial charge in [0.15, 0.2) is 0 Å². The van der Waals surface area contributed by atoms with E-state index in [1.807, 2.05) is 4.90 Å². The van der Waals surface area contributed by atoms with Gasteiger partial charge in [-0.05, 0) is 32.1 Å². The Balaban J connectivity index is 1.69. The molecule has 2 aliphatic heterocycles. The van der Waals surface area contributed by atoms with E-state index < -0.39 is 11.5 Å². The van der Waals surface area contributed by atoms with E-state index in [0.717, 1.165) is 45.1 Å². The van der Waals surface area contributed by atoms with Crippen molar-refractivity contribution in [1.29, 1.82) is 0 Å². The molecule has 7 heteroatoms. The van der Waals surface area contributed by atoms with E-state index in [2.05, 4.69) is 12.2 Å². The van der Waals surface area contributed by atoms with E-state index in [-0.39, 0.29) is 29.7 Å². The van der Waals surface area contributed by atoms with Gasteiger partial charge in [0.2, 0.25) is 17.7 Å². The highest BCUT2D eigenvalue weighted by molar-refractivity contribution is 5.84. The fourth-order valence-electron chi connectivity index (χ4n) is 5.16. The van der Waals surface area contributed by atoms with E-state index >= 15 is 0 Å². The van der Waals surface area contributed by atoms with Crippen LogP contribution in [-0.4, -0.2) is 71.5 Å². The molecule has 2 saturated heterocycles. The third-order valence-electron chi connectivity index (χ3n) is 6.85. The molecule has 0 aromatic heterocycles. The van der Waals surface area contributed by atoms with E-state index in [1.54, 1.807) is 4.90 Å². The number of rotatable bonds is 3. The van der Waals surface area contributed by atoms with Crippen molar-refractivity contribution in [3.8, 4) is 0 Å². The standard InChI is InChI=1S/C20H33N3O4/c1-15(24)21-12-17(26)22-11-6-16(25)20(13-22)9-5-10-23(14-20)18(27)19(2)7-3-4-8-19/h16,25H,3-14H2,1-2H3,(H,21,24)/t16-,20-/m1/s1. The van der Waals surface area contributed by atoms with Crippen LogP contribution in [0, 0.1) is 10.8 Å². The van der Waals surface area contributed by atoms with E-state index in [0.29, 0.717) is 26.1 Å². The summed E-state index contributed by atoms with van der Waals surface area (Å²) in [6, 6.07) is 0. The van der Waals surface area contributed by atoms with Crippen molar-refractivity contribution in [3.05, 3.63) is 0 Å². The number of nitrogens with zero attached hydrogens (tertiary/aromatic N) is 2. The van der Waals surface area contributed by atoms with Crippen molar-refractivity contribution in [3.63, 3.8) is 0 Å². The predicted octanol–water partition coefficient (Wildman–Crippen LogP) is 0.905. The van der Waals surface area contributed by atoms with Gasteiger partial charge in [0, 0.05) is 43.9 Å². The van der Waals surface area contributed by atoms with Crippen molar-refractivity contribution in [2.45, 2.75) is 64.9 Å². The maximum absolute atomic E-state index is 13.2. The van der Waals surface area contributed by atoms with E-state index in [4.69, 9.17) is 0 Å². The van der Waals surface area contributed by atoms with Crippen molar-refractivity contribution >= 4 is 17.7 Å². The van der Waals surface area contributed by atoms with Crippen LogP contribution in [0.5, 0.6) is 0 Å². The molecule has 2 N–H and O–H groups in total. The molecule has 0 aromatic rings. The van der Waals surface area contributed by atoms with Crippen LogP contribution in [0.3, 0.4) is 0 Å². The summed E-state index contributed by atoms with van der Waals surface area (Å²) in [6.45, 7) is 5.66. The lowest BCUT2D eigenvalue weighted by molar-refractivity contribution is -0.154. The first-order chi connectivity index (χ1) is 12.8. The SMILES string of the molecule is CC(=O)NCC(=O)N1CC[C@@H](O)[C@]2(CCCN(C(=O)C3(C)CCCC3)C2)C1. The molecule has 3 fully saturated rings. The largest absolute Gasteiger partial charge is 0.392 e. The van der Waals surface area contributed by atoms with Crippen molar-refractivity contribution in [2.75, 3.05) is 32.7 Å². The maximum atomic E-state index is 13.2. The van der Waals surface area contributed by atoms with Gasteiger partial charge in [-0.2, -0.15) is 0 Å². The molecule has 1 aliphatic carbocycles. The number of likely N-dealkylation sites (tertiary alicyclic amines) is 2. The lowest BCUT2D eigenvalue weighted by atomic mass is 9.71. The number of nitrogens with one attached hydrogen (secondary N) is 1. The Morgan fingerprint density at radius 3 is 2.37 bits per heavy atom. The number of hydrogen-bond donors (Lipinski definition) is 2. The molecule has 1 saturated carbocycles. The predicted molar refractivity (Wildman–Crippen MR) is 101 cm³/mol. The van der Waals surface area contributed by atoms with Gasteiger partial charge in [-0.25, -0.2) is 0 Å². The lowest BCUT2D eigenvalue weighted by Gasteiger charge is -2.51. The fraction of sp³-hybridized carbons (Fsp3) is 0.850. The minimum absolute atomic E-state index is 0.0117. The highest BCUT2D eigenvalue weighted by Crippen LogP contribution is 2.43. The molecule has 3 rings (SSSR count). The number of hydrogen-bond acceptors (Lipinski definition) is 4. The summed E-state index contributed by atoms with van der Waals surface area (Å²) in [6.07, 6.45) is 5.79. The minimum Gasteiger partial charge on any atom is -0.392 e. The zero-order valence-electron chi connectivity index (χ0n) is 16.6. The zero-order valence-corrected chi connectivity index (χ0v) is 16.6. The molecular weight excluding hydrogens is 346 g/mol. The number of aliphatic hydroxyl groups excluding tert-OH is 1. The van der Waals surface area contributed by atoms with Crippen molar-refractivity contribution < 1.29 is 19.5 Å². The molecular formula is C20H33N3O4. The molecule has 0 radical (unpaired) electrons. The molecule has 3 aliphatic rings. The first-order valence-corrected chi connectivity index (χ1v) is 10.3. The second-order valence-electron chi connectivity index (χ2n) is 8.99. The van der Waals surface area contributed by atoms with Gasteiger partial charge in [0.1, 0.15) is 0 Å². The molecule has 7 nitrogen and oxygen atoms in total. The summed E-state index contributed by atoms with van der Waals surface area (Å²) in [5.74, 6) is -0.134. The Labute approximate surface area is 161 Å². The maximum Gasteiger partial charge on any atom is 0.241 e. The van der Waals surface area contributed by atoms with Gasteiger partial charge in [-0.1, -0.05) is 19.8 Å². The van der Waals surface area contributed by atoms with Gasteiger partial charge in [-0.3, -0.25) is 14.4 Å². The molecule has 3 amide bonds. The molecule has 1 spiro atoms. The number of amides is 3. The van der Waals surface area contributed by atoms with Crippen LogP contribution in [0.15, 0.2) is 0 Å². The summed E-state index contributed by atoms with van der Waals surface area (Å²) >= 11 is 0. The Kier molecular flexibility index (Phi) is 5.79. The quantitative estimate of drug-likeness (QED) is 0.763. The van der Waals surface area contributed by atoms with Crippen LogP contribution < -0.4 is 5.32 Å². The molecule has 0 aromatic carbocycles. The topological polar surface area (TPSA) is 89.9 Å². The summed E-state index contributed by atoms with van der Waals surface area (Å²) in [5, 5.41) is 13.3. The second-order valence-corrected chi connectivity index (χ2v) is 8.99. The number of carbonyl (C=O) groups is 3. The van der Waals surface area contributed by atoms with Crippen molar-refractivity contribution in [1.82, 2.24) is 15.1 Å². The van der Waals surface area contributed by atoms with Crippen LogP contribution in [-0.2, 0) is 14.4 Å². The lowest BCUT2D eigenvalue weighted by Crippen LogP contribution is -2.62. The first kappa shape index (κ1) is 20.1. The number of piperidine rings is 2. The van der Waals surface area contributed by atoms with E-state index in [9.17, 15) is 19.5 Å². The number of aliphatic hydroxyl groups is 1. The average Bonchev–Trinajstić information content (AvgIpc) is 3.09.